The van der Waals surface area contributed by atoms with E-state index < -0.39 is 0 Å². The van der Waals surface area contributed by atoms with Gasteiger partial charge in [-0.3, -0.25) is 9.67 Å². The fourth-order valence-electron chi connectivity index (χ4n) is 2.22. The molecule has 0 bridgehead atoms. The van der Waals surface area contributed by atoms with E-state index in [0.717, 1.165) is 24.1 Å². The van der Waals surface area contributed by atoms with Gasteiger partial charge in [-0.1, -0.05) is 13.8 Å². The monoisotopic (exact) mass is 230 g/mol. The molecule has 0 aliphatic carbocycles. The van der Waals surface area contributed by atoms with E-state index in [2.05, 4.69) is 23.9 Å². The average molecular weight is 230 g/mol. The van der Waals surface area contributed by atoms with Crippen LogP contribution in [-0.2, 0) is 19.9 Å². The molecule has 0 atom stereocenters. The molecule has 4 heteroatoms. The normalized spacial score (nSPS) is 10.8. The van der Waals surface area contributed by atoms with Gasteiger partial charge in [-0.15, -0.1) is 0 Å². The Hall–Kier alpha value is -1.84. The van der Waals surface area contributed by atoms with Gasteiger partial charge in [0.15, 0.2) is 0 Å². The lowest BCUT2D eigenvalue weighted by atomic mass is 10.0. The van der Waals surface area contributed by atoms with Gasteiger partial charge in [-0.25, -0.2) is 0 Å². The molecule has 0 spiro atoms. The van der Waals surface area contributed by atoms with E-state index in [1.54, 1.807) is 12.4 Å². The molecule has 2 rings (SSSR count). The van der Waals surface area contributed by atoms with E-state index in [-0.39, 0.29) is 0 Å². The summed E-state index contributed by atoms with van der Waals surface area (Å²) in [6, 6.07) is 1.96. The molecule has 2 heterocycles. The van der Waals surface area contributed by atoms with Crippen LogP contribution in [0.5, 0.6) is 0 Å². The van der Waals surface area contributed by atoms with E-state index in [1.807, 2.05) is 17.8 Å². The van der Waals surface area contributed by atoms with E-state index in [1.165, 1.54) is 11.3 Å². The van der Waals surface area contributed by atoms with Crippen LogP contribution in [0.15, 0.2) is 18.5 Å². The molecule has 4 nitrogen and oxygen atoms in total. The summed E-state index contributed by atoms with van der Waals surface area (Å²) in [4.78, 5) is 4.04. The Morgan fingerprint density at radius 1 is 1.29 bits per heavy atom. The summed E-state index contributed by atoms with van der Waals surface area (Å²) in [7, 11) is 1.98. The minimum absolute atomic E-state index is 0.713. The summed E-state index contributed by atoms with van der Waals surface area (Å²) < 4.78 is 1.95. The van der Waals surface area contributed by atoms with Crippen molar-refractivity contribution in [2.45, 2.75) is 26.7 Å². The largest absolute Gasteiger partial charge is 0.397 e. The lowest BCUT2D eigenvalue weighted by molar-refractivity contribution is 0.705. The van der Waals surface area contributed by atoms with Crippen molar-refractivity contribution in [3.05, 3.63) is 29.8 Å². The first-order valence-electron chi connectivity index (χ1n) is 5.93. The number of aromatic nitrogens is 3. The third kappa shape index (κ3) is 1.90. The Labute approximate surface area is 101 Å². The molecule has 17 heavy (non-hydrogen) atoms. The highest BCUT2D eigenvalue weighted by atomic mass is 15.3. The summed E-state index contributed by atoms with van der Waals surface area (Å²) in [6.07, 6.45) is 5.32. The third-order valence-electron chi connectivity index (χ3n) is 3.03. The smallest absolute Gasteiger partial charge is 0.0703 e. The van der Waals surface area contributed by atoms with Gasteiger partial charge in [0.25, 0.3) is 0 Å². The van der Waals surface area contributed by atoms with E-state index in [4.69, 9.17) is 5.73 Å². The van der Waals surface area contributed by atoms with Gasteiger partial charge in [-0.2, -0.15) is 5.10 Å². The molecule has 2 aromatic rings. The Bertz CT molecular complexity index is 528. The number of hydrogen-bond acceptors (Lipinski definition) is 3. The van der Waals surface area contributed by atoms with E-state index >= 15 is 0 Å². The summed E-state index contributed by atoms with van der Waals surface area (Å²) in [5.74, 6) is 0. The van der Waals surface area contributed by atoms with Crippen molar-refractivity contribution in [1.82, 2.24) is 14.8 Å². The lowest BCUT2D eigenvalue weighted by Crippen LogP contribution is -1.98. The van der Waals surface area contributed by atoms with Crippen LogP contribution in [-0.4, -0.2) is 14.8 Å². The number of nitrogens with two attached hydrogens (primary N) is 1. The van der Waals surface area contributed by atoms with Crippen molar-refractivity contribution >= 4 is 5.69 Å². The number of rotatable bonds is 3. The molecule has 0 aromatic carbocycles. The number of hydrogen-bond donors (Lipinski definition) is 1. The molecule has 0 saturated heterocycles. The standard InChI is InChI=1S/C13H18N4/c1-4-11-13(12(5-2)17(3)16-11)9-6-7-15-8-10(9)14/h6-8H,4-5,14H2,1-3H3. The average Bonchev–Trinajstić information content (AvgIpc) is 2.66. The maximum Gasteiger partial charge on any atom is 0.0703 e. The van der Waals surface area contributed by atoms with Crippen molar-refractivity contribution < 1.29 is 0 Å². The van der Waals surface area contributed by atoms with Gasteiger partial charge in [0, 0.05) is 30.1 Å². The topological polar surface area (TPSA) is 56.7 Å². The molecular weight excluding hydrogens is 212 g/mol. The molecular formula is C13H18N4. The SMILES string of the molecule is CCc1nn(C)c(CC)c1-c1ccncc1N. The molecule has 0 fully saturated rings. The molecule has 0 unspecified atom stereocenters. The maximum absolute atomic E-state index is 6.01. The minimum Gasteiger partial charge on any atom is -0.397 e. The number of aryl methyl sites for hydroxylation is 2. The second-order valence-electron chi connectivity index (χ2n) is 4.06. The van der Waals surface area contributed by atoms with E-state index in [9.17, 15) is 0 Å². The molecule has 0 saturated carbocycles. The third-order valence-corrected chi connectivity index (χ3v) is 3.03. The molecule has 0 aliphatic rings. The van der Waals surface area contributed by atoms with Crippen LogP contribution in [0, 0.1) is 0 Å². The summed E-state index contributed by atoms with van der Waals surface area (Å²) in [5, 5.41) is 4.56. The molecule has 2 aromatic heterocycles. The van der Waals surface area contributed by atoms with Crippen LogP contribution >= 0.6 is 0 Å². The molecule has 2 N–H and O–H groups in total. The number of pyridine rings is 1. The van der Waals surface area contributed by atoms with Gasteiger partial charge < -0.3 is 5.73 Å². The van der Waals surface area contributed by atoms with E-state index in [0.29, 0.717) is 5.69 Å². The predicted molar refractivity (Wildman–Crippen MR) is 69.6 cm³/mol. The summed E-state index contributed by atoms with van der Waals surface area (Å²) >= 11 is 0. The van der Waals surface area contributed by atoms with Gasteiger partial charge in [0.2, 0.25) is 0 Å². The predicted octanol–water partition coefficient (Wildman–Crippen LogP) is 2.19. The Morgan fingerprint density at radius 2 is 2.06 bits per heavy atom. The van der Waals surface area contributed by atoms with Crippen molar-refractivity contribution in [2.24, 2.45) is 7.05 Å². The second-order valence-corrected chi connectivity index (χ2v) is 4.06. The molecule has 0 radical (unpaired) electrons. The highest BCUT2D eigenvalue weighted by Crippen LogP contribution is 2.31. The van der Waals surface area contributed by atoms with Gasteiger partial charge in [0.1, 0.15) is 0 Å². The minimum atomic E-state index is 0.713. The maximum atomic E-state index is 6.01. The summed E-state index contributed by atoms with van der Waals surface area (Å²) in [5.41, 5.74) is 11.3. The Morgan fingerprint density at radius 3 is 2.65 bits per heavy atom. The highest BCUT2D eigenvalue weighted by molar-refractivity contribution is 5.78. The number of anilines is 1. The van der Waals surface area contributed by atoms with Crippen LogP contribution in [0.25, 0.3) is 11.1 Å². The Kier molecular flexibility index (Phi) is 3.13. The molecule has 0 aliphatic heterocycles. The van der Waals surface area contributed by atoms with Crippen LogP contribution < -0.4 is 5.73 Å². The Balaban J connectivity index is 2.69. The first-order valence-corrected chi connectivity index (χ1v) is 5.93. The van der Waals surface area contributed by atoms with Gasteiger partial charge in [-0.05, 0) is 18.9 Å². The first kappa shape index (κ1) is 11.6. The quantitative estimate of drug-likeness (QED) is 0.879. The van der Waals surface area contributed by atoms with Crippen LogP contribution in [0.1, 0.15) is 25.2 Å². The molecule has 0 amide bonds. The van der Waals surface area contributed by atoms with Gasteiger partial charge in [0.05, 0.1) is 17.6 Å². The molecule has 90 valence electrons. The number of nitrogen functional groups attached to an aromatic ring is 1. The van der Waals surface area contributed by atoms with Crippen LogP contribution in [0.3, 0.4) is 0 Å². The first-order chi connectivity index (χ1) is 8.19. The zero-order valence-electron chi connectivity index (χ0n) is 10.6. The van der Waals surface area contributed by atoms with Crippen molar-refractivity contribution in [3.63, 3.8) is 0 Å². The zero-order valence-corrected chi connectivity index (χ0v) is 10.6. The van der Waals surface area contributed by atoms with Crippen molar-refractivity contribution in [3.8, 4) is 11.1 Å². The fourth-order valence-corrected chi connectivity index (χ4v) is 2.22. The summed E-state index contributed by atoms with van der Waals surface area (Å²) in [6.45, 7) is 4.25. The second kappa shape index (κ2) is 4.57. The van der Waals surface area contributed by atoms with Gasteiger partial charge >= 0.3 is 0 Å². The number of nitrogens with zero attached hydrogens (tertiary/aromatic N) is 3. The lowest BCUT2D eigenvalue weighted by Gasteiger charge is -2.07. The van der Waals surface area contributed by atoms with Crippen LogP contribution in [0.4, 0.5) is 5.69 Å². The fraction of sp³-hybridized carbons (Fsp3) is 0.385. The highest BCUT2D eigenvalue weighted by Gasteiger charge is 2.16. The van der Waals surface area contributed by atoms with Crippen molar-refractivity contribution in [1.29, 1.82) is 0 Å². The van der Waals surface area contributed by atoms with Crippen molar-refractivity contribution in [2.75, 3.05) is 5.73 Å². The zero-order chi connectivity index (χ0) is 12.4. The van der Waals surface area contributed by atoms with Crippen LogP contribution in [0.2, 0.25) is 0 Å².